The Hall–Kier alpha value is -2.87. The molecule has 1 heterocycles. The highest BCUT2D eigenvalue weighted by molar-refractivity contribution is 6.19. The first-order chi connectivity index (χ1) is 16.5. The molecule has 188 valence electrons. The molecule has 1 aliphatic carbocycles. The van der Waals surface area contributed by atoms with Crippen molar-refractivity contribution in [1.29, 1.82) is 0 Å². The van der Waals surface area contributed by atoms with E-state index in [1.54, 1.807) is 0 Å². The summed E-state index contributed by atoms with van der Waals surface area (Å²) in [5.74, 6) is 0.563. The van der Waals surface area contributed by atoms with Crippen molar-refractivity contribution >= 4 is 17.3 Å². The molecule has 5 nitrogen and oxygen atoms in total. The van der Waals surface area contributed by atoms with Crippen LogP contribution in [0.5, 0.6) is 5.75 Å². The summed E-state index contributed by atoms with van der Waals surface area (Å²) in [5.41, 5.74) is 0.308. The number of amides is 1. The standard InChI is InChI=1S/C27H31F3N2O3/c1-25(2,18-33)35-22-14-8-19(9-15-22)6-5-7-23-26(16-3-4-17-26)24(34)32(31-23)21-12-10-20(11-13-21)27(28,29)30/h8-15,33H,3-7,16-18H2,1-2H3. The van der Waals surface area contributed by atoms with Crippen LogP contribution in [0.15, 0.2) is 53.6 Å². The highest BCUT2D eigenvalue weighted by Gasteiger charge is 2.52. The molecule has 0 aromatic heterocycles. The molecule has 2 aliphatic rings. The van der Waals surface area contributed by atoms with E-state index in [2.05, 4.69) is 5.10 Å². The Morgan fingerprint density at radius 3 is 2.20 bits per heavy atom. The minimum atomic E-state index is -4.42. The molecule has 1 fully saturated rings. The summed E-state index contributed by atoms with van der Waals surface area (Å²) < 4.78 is 44.6. The lowest BCUT2D eigenvalue weighted by Gasteiger charge is -2.24. The van der Waals surface area contributed by atoms with Crippen LogP contribution >= 0.6 is 0 Å². The lowest BCUT2D eigenvalue weighted by Crippen LogP contribution is -2.37. The molecule has 2 aromatic rings. The van der Waals surface area contributed by atoms with Crippen LogP contribution in [0.1, 0.15) is 63.5 Å². The summed E-state index contributed by atoms with van der Waals surface area (Å²) in [6.45, 7) is 3.55. The van der Waals surface area contributed by atoms with Crippen LogP contribution in [0.4, 0.5) is 18.9 Å². The van der Waals surface area contributed by atoms with Crippen molar-refractivity contribution < 1.29 is 27.8 Å². The van der Waals surface area contributed by atoms with Gasteiger partial charge >= 0.3 is 6.18 Å². The van der Waals surface area contributed by atoms with Gasteiger partial charge in [0, 0.05) is 0 Å². The molecule has 1 saturated carbocycles. The van der Waals surface area contributed by atoms with Crippen molar-refractivity contribution in [1.82, 2.24) is 0 Å². The first-order valence-corrected chi connectivity index (χ1v) is 12.0. The summed E-state index contributed by atoms with van der Waals surface area (Å²) in [7, 11) is 0. The third-order valence-electron chi connectivity index (χ3n) is 6.85. The lowest BCUT2D eigenvalue weighted by molar-refractivity contribution is -0.137. The quantitative estimate of drug-likeness (QED) is 0.485. The number of ether oxygens (including phenoxy) is 1. The van der Waals surface area contributed by atoms with Crippen LogP contribution in [0.2, 0.25) is 0 Å². The number of halogens is 3. The SMILES string of the molecule is CC(C)(CO)Oc1ccc(CCCC2=NN(c3ccc(C(F)(F)F)cc3)C(=O)C23CCCC3)cc1. The Kier molecular flexibility index (Phi) is 6.95. The fourth-order valence-electron chi connectivity index (χ4n) is 4.86. The fourth-order valence-corrected chi connectivity index (χ4v) is 4.86. The number of anilines is 1. The molecular weight excluding hydrogens is 457 g/mol. The predicted octanol–water partition coefficient (Wildman–Crippen LogP) is 6.14. The van der Waals surface area contributed by atoms with Gasteiger partial charge in [0.1, 0.15) is 11.4 Å². The van der Waals surface area contributed by atoms with E-state index >= 15 is 0 Å². The number of benzene rings is 2. The van der Waals surface area contributed by atoms with Crippen LogP contribution in [-0.2, 0) is 17.4 Å². The molecule has 4 rings (SSSR count). The van der Waals surface area contributed by atoms with E-state index in [1.165, 1.54) is 17.1 Å². The molecule has 35 heavy (non-hydrogen) atoms. The third kappa shape index (κ3) is 5.37. The second-order valence-corrected chi connectivity index (χ2v) is 10.0. The normalized spacial score (nSPS) is 17.8. The van der Waals surface area contributed by atoms with Crippen LogP contribution in [-0.4, -0.2) is 28.9 Å². The highest BCUT2D eigenvalue weighted by Crippen LogP contribution is 2.47. The second kappa shape index (κ2) is 9.64. The van der Waals surface area contributed by atoms with Gasteiger partial charge in [-0.25, -0.2) is 0 Å². The summed E-state index contributed by atoms with van der Waals surface area (Å²) in [4.78, 5) is 13.4. The van der Waals surface area contributed by atoms with Crippen molar-refractivity contribution in [2.75, 3.05) is 11.6 Å². The molecule has 0 unspecified atom stereocenters. The number of aryl methyl sites for hydroxylation is 1. The number of carbonyl (C=O) groups is 1. The van der Waals surface area contributed by atoms with Gasteiger partial charge < -0.3 is 9.84 Å². The molecular formula is C27H31F3N2O3. The molecule has 0 saturated heterocycles. The molecule has 8 heteroatoms. The zero-order valence-electron chi connectivity index (χ0n) is 20.1. The van der Waals surface area contributed by atoms with E-state index in [0.717, 1.165) is 61.9 Å². The average Bonchev–Trinajstić information content (AvgIpc) is 3.42. The molecule has 0 radical (unpaired) electrons. The van der Waals surface area contributed by atoms with E-state index in [4.69, 9.17) is 4.74 Å². The number of rotatable bonds is 8. The largest absolute Gasteiger partial charge is 0.485 e. The minimum Gasteiger partial charge on any atom is -0.485 e. The molecule has 1 spiro atoms. The lowest BCUT2D eigenvalue weighted by atomic mass is 9.78. The topological polar surface area (TPSA) is 62.1 Å². The first-order valence-electron chi connectivity index (χ1n) is 12.0. The Bertz CT molecular complexity index is 1070. The molecule has 2 aromatic carbocycles. The van der Waals surface area contributed by atoms with E-state index in [9.17, 15) is 23.1 Å². The number of alkyl halides is 3. The van der Waals surface area contributed by atoms with Crippen molar-refractivity contribution in [2.45, 2.75) is 70.6 Å². The van der Waals surface area contributed by atoms with Gasteiger partial charge in [0.25, 0.3) is 5.91 Å². The van der Waals surface area contributed by atoms with Gasteiger partial charge in [-0.05, 0) is 87.9 Å². The summed E-state index contributed by atoms with van der Waals surface area (Å²) in [6.07, 6.45) is 1.18. The van der Waals surface area contributed by atoms with Crippen LogP contribution in [0.3, 0.4) is 0 Å². The van der Waals surface area contributed by atoms with E-state index in [-0.39, 0.29) is 12.5 Å². The van der Waals surface area contributed by atoms with Crippen LogP contribution in [0.25, 0.3) is 0 Å². The monoisotopic (exact) mass is 488 g/mol. The van der Waals surface area contributed by atoms with Crippen LogP contribution < -0.4 is 9.75 Å². The van der Waals surface area contributed by atoms with Gasteiger partial charge in [0.15, 0.2) is 0 Å². The number of hydrazone groups is 1. The van der Waals surface area contributed by atoms with Gasteiger partial charge in [-0.15, -0.1) is 0 Å². The van der Waals surface area contributed by atoms with Gasteiger partial charge in [0.2, 0.25) is 0 Å². The number of hydrogen-bond donors (Lipinski definition) is 1. The maximum absolute atomic E-state index is 13.4. The van der Waals surface area contributed by atoms with Gasteiger partial charge in [-0.3, -0.25) is 4.79 Å². The Balaban J connectivity index is 1.44. The number of nitrogens with zero attached hydrogens (tertiary/aromatic N) is 2. The highest BCUT2D eigenvalue weighted by atomic mass is 19.4. The molecule has 0 bridgehead atoms. The van der Waals surface area contributed by atoms with Crippen molar-refractivity contribution in [3.05, 3.63) is 59.7 Å². The number of carbonyl (C=O) groups excluding carboxylic acids is 1. The number of aliphatic hydroxyl groups excluding tert-OH is 1. The van der Waals surface area contributed by atoms with Crippen LogP contribution in [0, 0.1) is 5.41 Å². The van der Waals surface area contributed by atoms with E-state index in [1.807, 2.05) is 38.1 Å². The van der Waals surface area contributed by atoms with E-state index < -0.39 is 22.8 Å². The maximum Gasteiger partial charge on any atom is 0.416 e. The third-order valence-corrected chi connectivity index (χ3v) is 6.85. The van der Waals surface area contributed by atoms with E-state index in [0.29, 0.717) is 17.9 Å². The summed E-state index contributed by atoms with van der Waals surface area (Å²) in [5, 5.41) is 15.3. The smallest absolute Gasteiger partial charge is 0.416 e. The van der Waals surface area contributed by atoms with Gasteiger partial charge in [-0.1, -0.05) is 25.0 Å². The Labute approximate surface area is 203 Å². The summed E-state index contributed by atoms with van der Waals surface area (Å²) in [6, 6.07) is 12.4. The maximum atomic E-state index is 13.4. The van der Waals surface area contributed by atoms with Crippen molar-refractivity contribution in [3.8, 4) is 5.75 Å². The second-order valence-electron chi connectivity index (χ2n) is 10.0. The first kappa shape index (κ1) is 25.2. The minimum absolute atomic E-state index is 0.0825. The Morgan fingerprint density at radius 2 is 1.63 bits per heavy atom. The summed E-state index contributed by atoms with van der Waals surface area (Å²) >= 11 is 0. The zero-order valence-corrected chi connectivity index (χ0v) is 20.1. The van der Waals surface area contributed by atoms with Crippen molar-refractivity contribution in [2.24, 2.45) is 10.5 Å². The molecule has 1 amide bonds. The Morgan fingerprint density at radius 1 is 1.00 bits per heavy atom. The molecule has 1 N–H and O–H groups in total. The van der Waals surface area contributed by atoms with Gasteiger partial charge in [-0.2, -0.15) is 23.3 Å². The van der Waals surface area contributed by atoms with Crippen molar-refractivity contribution in [3.63, 3.8) is 0 Å². The predicted molar refractivity (Wildman–Crippen MR) is 128 cm³/mol. The van der Waals surface area contributed by atoms with Gasteiger partial charge in [0.05, 0.1) is 29.0 Å². The molecule has 0 atom stereocenters. The molecule has 1 aliphatic heterocycles. The number of aliphatic hydroxyl groups is 1. The average molecular weight is 489 g/mol. The number of hydrogen-bond acceptors (Lipinski definition) is 4. The zero-order chi connectivity index (χ0) is 25.3. The fraction of sp³-hybridized carbons (Fsp3) is 0.481.